The van der Waals surface area contributed by atoms with Crippen molar-refractivity contribution in [1.82, 2.24) is 15.2 Å². The maximum absolute atomic E-state index is 11.9. The van der Waals surface area contributed by atoms with Crippen LogP contribution >= 0.6 is 0 Å². The van der Waals surface area contributed by atoms with Crippen molar-refractivity contribution in [2.24, 2.45) is 0 Å². The molecule has 0 spiro atoms. The van der Waals surface area contributed by atoms with Crippen LogP contribution in [0.25, 0.3) is 0 Å². The third kappa shape index (κ3) is 4.45. The Hall–Kier alpha value is -2.60. The molecule has 0 unspecified atom stereocenters. The molecule has 2 N–H and O–H groups in total. The van der Waals surface area contributed by atoms with Gasteiger partial charge >= 0.3 is 6.03 Å². The van der Waals surface area contributed by atoms with Gasteiger partial charge < -0.3 is 20.4 Å². The SMILES string of the molecule is CN1CCN(c2ccc(NC(=O)NCc3ccccn3)cc2)CC1. The number of carbonyl (C=O) groups is 1. The van der Waals surface area contributed by atoms with Crippen molar-refractivity contribution in [3.63, 3.8) is 0 Å². The molecule has 1 aromatic carbocycles. The molecule has 0 saturated carbocycles. The van der Waals surface area contributed by atoms with Gasteiger partial charge in [0.15, 0.2) is 0 Å². The lowest BCUT2D eigenvalue weighted by Crippen LogP contribution is -2.44. The highest BCUT2D eigenvalue weighted by molar-refractivity contribution is 5.89. The average molecular weight is 325 g/mol. The molecule has 1 aromatic heterocycles. The molecule has 6 nitrogen and oxygen atoms in total. The summed E-state index contributed by atoms with van der Waals surface area (Å²) in [6.45, 7) is 4.64. The van der Waals surface area contributed by atoms with Gasteiger partial charge in [-0.05, 0) is 43.4 Å². The van der Waals surface area contributed by atoms with Gasteiger partial charge in [0.2, 0.25) is 0 Å². The minimum Gasteiger partial charge on any atom is -0.369 e. The summed E-state index contributed by atoms with van der Waals surface area (Å²) in [5.74, 6) is 0. The number of nitrogens with zero attached hydrogens (tertiary/aromatic N) is 3. The van der Waals surface area contributed by atoms with Crippen molar-refractivity contribution in [2.75, 3.05) is 43.4 Å². The smallest absolute Gasteiger partial charge is 0.319 e. The lowest BCUT2D eigenvalue weighted by atomic mass is 10.2. The molecule has 0 atom stereocenters. The summed E-state index contributed by atoms with van der Waals surface area (Å²) in [7, 11) is 2.15. The van der Waals surface area contributed by atoms with Gasteiger partial charge in [-0.25, -0.2) is 4.79 Å². The molecule has 1 saturated heterocycles. The summed E-state index contributed by atoms with van der Waals surface area (Å²) >= 11 is 0. The third-order valence-electron chi connectivity index (χ3n) is 4.15. The lowest BCUT2D eigenvalue weighted by Gasteiger charge is -2.34. The number of carbonyl (C=O) groups excluding carboxylic acids is 1. The van der Waals surface area contributed by atoms with E-state index in [-0.39, 0.29) is 6.03 Å². The number of hydrogen-bond acceptors (Lipinski definition) is 4. The number of amides is 2. The third-order valence-corrected chi connectivity index (χ3v) is 4.15. The Balaban J connectivity index is 1.49. The number of anilines is 2. The van der Waals surface area contributed by atoms with Crippen LogP contribution in [-0.4, -0.2) is 49.1 Å². The van der Waals surface area contributed by atoms with Crippen LogP contribution in [-0.2, 0) is 6.54 Å². The Morgan fingerprint density at radius 1 is 1.08 bits per heavy atom. The Morgan fingerprint density at radius 2 is 1.83 bits per heavy atom. The van der Waals surface area contributed by atoms with E-state index in [1.54, 1.807) is 6.20 Å². The maximum atomic E-state index is 11.9. The van der Waals surface area contributed by atoms with Crippen molar-refractivity contribution in [3.8, 4) is 0 Å². The summed E-state index contributed by atoms with van der Waals surface area (Å²) in [6, 6.07) is 13.4. The minimum absolute atomic E-state index is 0.229. The molecule has 2 aromatic rings. The number of hydrogen-bond donors (Lipinski definition) is 2. The number of pyridine rings is 1. The fraction of sp³-hybridized carbons (Fsp3) is 0.333. The van der Waals surface area contributed by atoms with Crippen LogP contribution in [0.3, 0.4) is 0 Å². The van der Waals surface area contributed by atoms with Gasteiger partial charge in [-0.15, -0.1) is 0 Å². The number of piperazine rings is 1. The zero-order chi connectivity index (χ0) is 16.8. The average Bonchev–Trinajstić information content (AvgIpc) is 2.62. The normalized spacial score (nSPS) is 15.1. The van der Waals surface area contributed by atoms with E-state index in [1.165, 1.54) is 5.69 Å². The summed E-state index contributed by atoms with van der Waals surface area (Å²) in [5, 5.41) is 5.65. The fourth-order valence-electron chi connectivity index (χ4n) is 2.67. The molecule has 3 rings (SSSR count). The van der Waals surface area contributed by atoms with Gasteiger partial charge in [0.25, 0.3) is 0 Å². The predicted molar refractivity (Wildman–Crippen MR) is 96.2 cm³/mol. The van der Waals surface area contributed by atoms with Crippen molar-refractivity contribution in [3.05, 3.63) is 54.4 Å². The van der Waals surface area contributed by atoms with E-state index >= 15 is 0 Å². The number of benzene rings is 1. The van der Waals surface area contributed by atoms with Gasteiger partial charge in [0, 0.05) is 43.8 Å². The Labute approximate surface area is 142 Å². The van der Waals surface area contributed by atoms with Crippen LogP contribution < -0.4 is 15.5 Å². The molecule has 2 amide bonds. The van der Waals surface area contributed by atoms with Gasteiger partial charge in [-0.1, -0.05) is 6.07 Å². The standard InChI is InChI=1S/C18H23N5O/c1-22-10-12-23(13-11-22)17-7-5-15(6-8-17)21-18(24)20-14-16-4-2-3-9-19-16/h2-9H,10-14H2,1H3,(H2,20,21,24). The molecular weight excluding hydrogens is 302 g/mol. The number of likely N-dealkylation sites (N-methyl/N-ethyl adjacent to an activating group) is 1. The molecule has 2 heterocycles. The lowest BCUT2D eigenvalue weighted by molar-refractivity contribution is 0.251. The molecule has 24 heavy (non-hydrogen) atoms. The second-order valence-electron chi connectivity index (χ2n) is 5.97. The molecule has 6 heteroatoms. The van der Waals surface area contributed by atoms with E-state index < -0.39 is 0 Å². The van der Waals surface area contributed by atoms with Crippen molar-refractivity contribution >= 4 is 17.4 Å². The van der Waals surface area contributed by atoms with E-state index in [4.69, 9.17) is 0 Å². The molecule has 1 aliphatic rings. The summed E-state index contributed by atoms with van der Waals surface area (Å²) in [6.07, 6.45) is 1.71. The van der Waals surface area contributed by atoms with E-state index in [0.29, 0.717) is 6.54 Å². The van der Waals surface area contributed by atoms with E-state index in [1.807, 2.05) is 30.3 Å². The Bertz CT molecular complexity index is 651. The second kappa shape index (κ2) is 7.79. The molecule has 1 fully saturated rings. The first kappa shape index (κ1) is 16.3. The van der Waals surface area contributed by atoms with Gasteiger partial charge in [-0.2, -0.15) is 0 Å². The highest BCUT2D eigenvalue weighted by Crippen LogP contribution is 2.19. The van der Waals surface area contributed by atoms with Crippen LogP contribution in [0.2, 0.25) is 0 Å². The van der Waals surface area contributed by atoms with Gasteiger partial charge in [-0.3, -0.25) is 4.98 Å². The molecule has 0 bridgehead atoms. The number of aromatic nitrogens is 1. The van der Waals surface area contributed by atoms with Crippen LogP contribution in [0.4, 0.5) is 16.2 Å². The predicted octanol–water partition coefficient (Wildman–Crippen LogP) is 2.16. The Kier molecular flexibility index (Phi) is 5.28. The summed E-state index contributed by atoms with van der Waals surface area (Å²) < 4.78 is 0. The first-order valence-corrected chi connectivity index (χ1v) is 8.19. The minimum atomic E-state index is -0.229. The summed E-state index contributed by atoms with van der Waals surface area (Å²) in [5.41, 5.74) is 2.81. The first-order valence-electron chi connectivity index (χ1n) is 8.19. The zero-order valence-electron chi connectivity index (χ0n) is 13.9. The van der Waals surface area contributed by atoms with Crippen LogP contribution in [0.15, 0.2) is 48.7 Å². The quantitative estimate of drug-likeness (QED) is 0.904. The second-order valence-corrected chi connectivity index (χ2v) is 5.97. The highest BCUT2D eigenvalue weighted by atomic mass is 16.2. The zero-order valence-corrected chi connectivity index (χ0v) is 13.9. The van der Waals surface area contributed by atoms with E-state index in [0.717, 1.165) is 37.6 Å². The van der Waals surface area contributed by atoms with Crippen LogP contribution in [0.1, 0.15) is 5.69 Å². The molecule has 0 radical (unpaired) electrons. The summed E-state index contributed by atoms with van der Waals surface area (Å²) in [4.78, 5) is 20.8. The fourth-order valence-corrected chi connectivity index (χ4v) is 2.67. The van der Waals surface area contributed by atoms with Gasteiger partial charge in [0.05, 0.1) is 12.2 Å². The maximum Gasteiger partial charge on any atom is 0.319 e. The van der Waals surface area contributed by atoms with Crippen molar-refractivity contribution in [1.29, 1.82) is 0 Å². The first-order chi connectivity index (χ1) is 11.7. The van der Waals surface area contributed by atoms with E-state index in [9.17, 15) is 4.79 Å². The van der Waals surface area contributed by atoms with Gasteiger partial charge in [0.1, 0.15) is 0 Å². The molecular formula is C18H23N5O. The van der Waals surface area contributed by atoms with Crippen molar-refractivity contribution in [2.45, 2.75) is 6.54 Å². The van der Waals surface area contributed by atoms with Crippen LogP contribution in [0, 0.1) is 0 Å². The van der Waals surface area contributed by atoms with E-state index in [2.05, 4.69) is 44.6 Å². The largest absolute Gasteiger partial charge is 0.369 e. The number of rotatable bonds is 4. The topological polar surface area (TPSA) is 60.5 Å². The number of nitrogens with one attached hydrogen (secondary N) is 2. The van der Waals surface area contributed by atoms with Crippen LogP contribution in [0.5, 0.6) is 0 Å². The molecule has 1 aliphatic heterocycles. The number of urea groups is 1. The molecule has 126 valence electrons. The Morgan fingerprint density at radius 3 is 2.50 bits per heavy atom. The molecule has 0 aliphatic carbocycles. The monoisotopic (exact) mass is 325 g/mol. The van der Waals surface area contributed by atoms with Crippen molar-refractivity contribution < 1.29 is 4.79 Å². The highest BCUT2D eigenvalue weighted by Gasteiger charge is 2.14.